The molecule has 0 saturated carbocycles. The van der Waals surface area contributed by atoms with Crippen LogP contribution in [-0.2, 0) is 9.59 Å². The highest BCUT2D eigenvalue weighted by molar-refractivity contribution is 6.53. The van der Waals surface area contributed by atoms with Crippen LogP contribution in [0, 0.1) is 0 Å². The minimum absolute atomic E-state index is 0.0842. The molecule has 1 fully saturated rings. The molecule has 23 heavy (non-hydrogen) atoms. The van der Waals surface area contributed by atoms with Crippen LogP contribution < -0.4 is 4.90 Å². The fourth-order valence-corrected chi connectivity index (χ4v) is 3.70. The first-order valence-electron chi connectivity index (χ1n) is 7.10. The van der Waals surface area contributed by atoms with E-state index >= 15 is 0 Å². The van der Waals surface area contributed by atoms with Crippen LogP contribution in [0.2, 0.25) is 15.1 Å². The van der Waals surface area contributed by atoms with Crippen molar-refractivity contribution in [2.24, 2.45) is 0 Å². The van der Waals surface area contributed by atoms with Gasteiger partial charge in [0.2, 0.25) is 0 Å². The zero-order valence-corrected chi connectivity index (χ0v) is 14.9. The van der Waals surface area contributed by atoms with Gasteiger partial charge in [-0.2, -0.15) is 0 Å². The number of likely N-dealkylation sites (tertiary alicyclic amines) is 1. The van der Waals surface area contributed by atoms with E-state index in [1.807, 2.05) is 4.90 Å². The molecular weight excluding hydrogens is 382 g/mol. The van der Waals surface area contributed by atoms with Gasteiger partial charge in [0, 0.05) is 13.1 Å². The minimum atomic E-state index is -0.600. The maximum Gasteiger partial charge on any atom is 0.283 e. The van der Waals surface area contributed by atoms with Crippen molar-refractivity contribution in [3.05, 3.63) is 37.9 Å². The van der Waals surface area contributed by atoms with Gasteiger partial charge >= 0.3 is 0 Å². The van der Waals surface area contributed by atoms with Gasteiger partial charge in [-0.05, 0) is 31.4 Å². The molecule has 1 saturated heterocycles. The lowest BCUT2D eigenvalue weighted by Gasteiger charge is -2.29. The molecule has 2 heterocycles. The molecular formula is C15H12Cl4N2O2. The lowest BCUT2D eigenvalue weighted by molar-refractivity contribution is -0.121. The molecule has 0 atom stereocenters. The Bertz CT molecular complexity index is 726. The Morgan fingerprint density at radius 3 is 2.04 bits per heavy atom. The van der Waals surface area contributed by atoms with E-state index in [-0.39, 0.29) is 31.5 Å². The lowest BCUT2D eigenvalue weighted by Crippen LogP contribution is -2.37. The summed E-state index contributed by atoms with van der Waals surface area (Å²) in [6, 6.07) is 2.79. The number of amides is 2. The normalized spacial score (nSPS) is 19.1. The highest BCUT2D eigenvalue weighted by Crippen LogP contribution is 2.39. The predicted molar refractivity (Wildman–Crippen MR) is 92.3 cm³/mol. The van der Waals surface area contributed by atoms with Crippen LogP contribution in [0.3, 0.4) is 0 Å². The number of carbonyl (C=O) groups is 2. The van der Waals surface area contributed by atoms with Crippen molar-refractivity contribution in [2.75, 3.05) is 18.0 Å². The molecule has 2 amide bonds. The zero-order chi connectivity index (χ0) is 16.7. The van der Waals surface area contributed by atoms with E-state index in [4.69, 9.17) is 46.4 Å². The summed E-state index contributed by atoms with van der Waals surface area (Å²) in [6.07, 6.45) is 3.03. The lowest BCUT2D eigenvalue weighted by atomic mass is 10.1. The highest BCUT2D eigenvalue weighted by Gasteiger charge is 2.42. The number of piperidine rings is 1. The highest BCUT2D eigenvalue weighted by atomic mass is 35.5. The van der Waals surface area contributed by atoms with Gasteiger partial charge in [0.25, 0.3) is 11.8 Å². The summed E-state index contributed by atoms with van der Waals surface area (Å²) in [6.45, 7) is 1.40. The number of benzene rings is 1. The SMILES string of the molecule is O=C1C(Cl)=C(N2CCCCC2)C(=O)N1c1cc(Cl)c(Cl)cc1Cl. The molecule has 0 aliphatic carbocycles. The van der Waals surface area contributed by atoms with Crippen LogP contribution >= 0.6 is 46.4 Å². The van der Waals surface area contributed by atoms with Crippen LogP contribution in [-0.4, -0.2) is 29.8 Å². The topological polar surface area (TPSA) is 40.6 Å². The van der Waals surface area contributed by atoms with Gasteiger partial charge in [-0.1, -0.05) is 46.4 Å². The Hall–Kier alpha value is -0.940. The third kappa shape index (κ3) is 2.93. The first-order valence-corrected chi connectivity index (χ1v) is 8.61. The van der Waals surface area contributed by atoms with Crippen LogP contribution in [0.15, 0.2) is 22.9 Å². The summed E-state index contributed by atoms with van der Waals surface area (Å²) in [4.78, 5) is 28.0. The number of halogens is 4. The van der Waals surface area contributed by atoms with Crippen molar-refractivity contribution in [3.63, 3.8) is 0 Å². The van der Waals surface area contributed by atoms with Crippen LogP contribution in [0.4, 0.5) is 5.69 Å². The van der Waals surface area contributed by atoms with Crippen LogP contribution in [0.1, 0.15) is 19.3 Å². The van der Waals surface area contributed by atoms with Crippen molar-refractivity contribution in [1.82, 2.24) is 4.90 Å². The summed E-state index contributed by atoms with van der Waals surface area (Å²) in [5, 5.41) is 0.522. The first kappa shape index (κ1) is 16.9. The molecule has 1 aromatic rings. The smallest absolute Gasteiger partial charge is 0.283 e. The summed E-state index contributed by atoms with van der Waals surface area (Å²) in [5.41, 5.74) is 0.416. The first-order chi connectivity index (χ1) is 10.9. The Kier molecular flexibility index (Phi) is 4.79. The summed E-state index contributed by atoms with van der Waals surface area (Å²) in [5.74, 6) is -1.08. The van der Waals surface area contributed by atoms with Gasteiger partial charge in [0.15, 0.2) is 0 Å². The number of nitrogens with zero attached hydrogens (tertiary/aromatic N) is 2. The Balaban J connectivity index is 1.99. The van der Waals surface area contributed by atoms with Gasteiger partial charge < -0.3 is 4.90 Å². The molecule has 0 spiro atoms. The van der Waals surface area contributed by atoms with Gasteiger partial charge in [-0.15, -0.1) is 0 Å². The van der Waals surface area contributed by atoms with Crippen molar-refractivity contribution < 1.29 is 9.59 Å². The number of hydrogen-bond donors (Lipinski definition) is 0. The van der Waals surface area contributed by atoms with Crippen molar-refractivity contribution in [3.8, 4) is 0 Å². The van der Waals surface area contributed by atoms with E-state index in [0.29, 0.717) is 13.1 Å². The Labute approximate surface area is 153 Å². The molecule has 0 radical (unpaired) electrons. The van der Waals surface area contributed by atoms with E-state index in [1.165, 1.54) is 12.1 Å². The second-order valence-electron chi connectivity index (χ2n) is 5.37. The average molecular weight is 394 g/mol. The number of anilines is 1. The molecule has 0 bridgehead atoms. The predicted octanol–water partition coefficient (Wildman–Crippen LogP) is 4.46. The fourth-order valence-electron chi connectivity index (χ4n) is 2.79. The monoisotopic (exact) mass is 392 g/mol. The van der Waals surface area contributed by atoms with Crippen molar-refractivity contribution in [2.45, 2.75) is 19.3 Å². The standard InChI is InChI=1S/C15H12Cl4N2O2/c16-8-6-10(18)11(7-9(8)17)21-14(22)12(19)13(15(21)23)20-4-2-1-3-5-20/h6-7H,1-5H2. The summed E-state index contributed by atoms with van der Waals surface area (Å²) < 4.78 is 0. The summed E-state index contributed by atoms with van der Waals surface area (Å²) in [7, 11) is 0. The van der Waals surface area contributed by atoms with Gasteiger partial charge in [0.05, 0.1) is 20.8 Å². The summed E-state index contributed by atoms with van der Waals surface area (Å²) >= 11 is 24.2. The molecule has 2 aliphatic rings. The quantitative estimate of drug-likeness (QED) is 0.550. The molecule has 8 heteroatoms. The van der Waals surface area contributed by atoms with E-state index in [1.54, 1.807) is 0 Å². The van der Waals surface area contributed by atoms with E-state index in [2.05, 4.69) is 0 Å². The van der Waals surface area contributed by atoms with Gasteiger partial charge in [0.1, 0.15) is 10.7 Å². The van der Waals surface area contributed by atoms with Crippen LogP contribution in [0.25, 0.3) is 0 Å². The third-order valence-corrected chi connectivity index (χ3v) is 5.27. The van der Waals surface area contributed by atoms with E-state index < -0.39 is 11.8 Å². The molecule has 4 nitrogen and oxygen atoms in total. The molecule has 2 aliphatic heterocycles. The maximum absolute atomic E-state index is 12.8. The van der Waals surface area contributed by atoms with Crippen molar-refractivity contribution >= 4 is 63.9 Å². The second kappa shape index (κ2) is 6.52. The second-order valence-corrected chi connectivity index (χ2v) is 6.97. The van der Waals surface area contributed by atoms with Gasteiger partial charge in [-0.25, -0.2) is 4.90 Å². The number of imide groups is 1. The third-order valence-electron chi connectivity index (χ3n) is 3.91. The largest absolute Gasteiger partial charge is 0.366 e. The Morgan fingerprint density at radius 1 is 0.783 bits per heavy atom. The number of hydrogen-bond acceptors (Lipinski definition) is 3. The molecule has 0 N–H and O–H groups in total. The van der Waals surface area contributed by atoms with E-state index in [0.717, 1.165) is 24.2 Å². The van der Waals surface area contributed by atoms with Crippen molar-refractivity contribution in [1.29, 1.82) is 0 Å². The van der Waals surface area contributed by atoms with Gasteiger partial charge in [-0.3, -0.25) is 9.59 Å². The van der Waals surface area contributed by atoms with Crippen LogP contribution in [0.5, 0.6) is 0 Å². The Morgan fingerprint density at radius 2 is 1.39 bits per heavy atom. The minimum Gasteiger partial charge on any atom is -0.366 e. The number of carbonyl (C=O) groups excluding carboxylic acids is 2. The maximum atomic E-state index is 12.8. The zero-order valence-electron chi connectivity index (χ0n) is 11.9. The fraction of sp³-hybridized carbons (Fsp3) is 0.333. The average Bonchev–Trinajstić information content (AvgIpc) is 2.74. The molecule has 0 unspecified atom stereocenters. The molecule has 1 aromatic carbocycles. The molecule has 122 valence electrons. The number of rotatable bonds is 2. The van der Waals surface area contributed by atoms with E-state index in [9.17, 15) is 9.59 Å². The molecule has 3 rings (SSSR count). The molecule has 0 aromatic heterocycles.